The van der Waals surface area contributed by atoms with E-state index < -0.39 is 0 Å². The number of esters is 1. The van der Waals surface area contributed by atoms with Gasteiger partial charge in [-0.1, -0.05) is 30.3 Å². The molecule has 5 nitrogen and oxygen atoms in total. The van der Waals surface area contributed by atoms with Gasteiger partial charge < -0.3 is 10.5 Å². The van der Waals surface area contributed by atoms with Crippen molar-refractivity contribution in [3.8, 4) is 11.1 Å². The molecule has 0 heterocycles. The van der Waals surface area contributed by atoms with Crippen LogP contribution >= 0.6 is 12.2 Å². The maximum atomic E-state index is 11.4. The molecule has 2 aromatic carbocycles. The topological polar surface area (TPSA) is 76.7 Å². The Hall–Kier alpha value is -2.73. The van der Waals surface area contributed by atoms with Gasteiger partial charge in [-0.3, -0.25) is 5.43 Å². The molecule has 0 saturated carbocycles. The summed E-state index contributed by atoms with van der Waals surface area (Å²) in [6.07, 6.45) is 1.63. The summed E-state index contributed by atoms with van der Waals surface area (Å²) < 4.78 is 4.68. The van der Waals surface area contributed by atoms with Crippen LogP contribution in [0.1, 0.15) is 15.9 Å². The molecule has 0 radical (unpaired) electrons. The van der Waals surface area contributed by atoms with Crippen molar-refractivity contribution in [2.75, 3.05) is 7.11 Å². The number of hydrogen-bond donors (Lipinski definition) is 2. The van der Waals surface area contributed by atoms with E-state index in [0.29, 0.717) is 5.56 Å². The number of nitrogens with two attached hydrogens (primary N) is 1. The molecule has 0 unspecified atom stereocenters. The van der Waals surface area contributed by atoms with Crippen molar-refractivity contribution >= 4 is 29.5 Å². The molecule has 22 heavy (non-hydrogen) atoms. The quantitative estimate of drug-likeness (QED) is 0.392. The van der Waals surface area contributed by atoms with Crippen LogP contribution in [0.5, 0.6) is 0 Å². The third-order valence-corrected chi connectivity index (χ3v) is 3.01. The number of nitrogens with zero attached hydrogens (tertiary/aromatic N) is 1. The zero-order valence-corrected chi connectivity index (χ0v) is 12.8. The van der Waals surface area contributed by atoms with Crippen molar-refractivity contribution in [1.82, 2.24) is 5.43 Å². The second kappa shape index (κ2) is 7.33. The fourth-order valence-corrected chi connectivity index (χ4v) is 1.94. The molecule has 0 spiro atoms. The lowest BCUT2D eigenvalue weighted by Crippen LogP contribution is -2.23. The molecule has 2 aromatic rings. The Balaban J connectivity index is 2.20. The van der Waals surface area contributed by atoms with Crippen LogP contribution in [0.3, 0.4) is 0 Å². The zero-order chi connectivity index (χ0) is 15.9. The van der Waals surface area contributed by atoms with E-state index in [1.807, 2.05) is 36.4 Å². The van der Waals surface area contributed by atoms with Crippen LogP contribution < -0.4 is 11.2 Å². The van der Waals surface area contributed by atoms with Crippen molar-refractivity contribution in [1.29, 1.82) is 0 Å². The highest BCUT2D eigenvalue weighted by molar-refractivity contribution is 7.80. The average Bonchev–Trinajstić information content (AvgIpc) is 2.54. The molecule has 0 atom stereocenters. The first kappa shape index (κ1) is 15.7. The molecule has 112 valence electrons. The highest BCUT2D eigenvalue weighted by atomic mass is 32.1. The first-order valence-electron chi connectivity index (χ1n) is 6.47. The Kier molecular flexibility index (Phi) is 5.21. The van der Waals surface area contributed by atoms with Crippen LogP contribution in [0.2, 0.25) is 0 Å². The molecule has 0 aliphatic carbocycles. The number of thiocarbonyl (C=S) groups is 1. The van der Waals surface area contributed by atoms with Crippen LogP contribution in [0.4, 0.5) is 0 Å². The Bertz CT molecular complexity index is 712. The van der Waals surface area contributed by atoms with E-state index in [1.165, 1.54) is 7.11 Å². The van der Waals surface area contributed by atoms with E-state index >= 15 is 0 Å². The van der Waals surface area contributed by atoms with E-state index in [-0.39, 0.29) is 11.1 Å². The number of hydrazone groups is 1. The van der Waals surface area contributed by atoms with Gasteiger partial charge in [0.2, 0.25) is 0 Å². The highest BCUT2D eigenvalue weighted by Crippen LogP contribution is 2.20. The highest BCUT2D eigenvalue weighted by Gasteiger charge is 2.05. The first-order chi connectivity index (χ1) is 10.6. The summed E-state index contributed by atoms with van der Waals surface area (Å²) in [5.41, 5.74) is 11.2. The summed E-state index contributed by atoms with van der Waals surface area (Å²) in [4.78, 5) is 11.4. The fourth-order valence-electron chi connectivity index (χ4n) is 1.89. The number of rotatable bonds is 4. The summed E-state index contributed by atoms with van der Waals surface area (Å²) in [5.74, 6) is -0.351. The van der Waals surface area contributed by atoms with Gasteiger partial charge in [-0.2, -0.15) is 5.10 Å². The van der Waals surface area contributed by atoms with Crippen LogP contribution in [-0.4, -0.2) is 24.4 Å². The van der Waals surface area contributed by atoms with Crippen LogP contribution in [0, 0.1) is 0 Å². The molecule has 3 N–H and O–H groups in total. The van der Waals surface area contributed by atoms with Gasteiger partial charge in [0, 0.05) is 0 Å². The molecule has 0 aromatic heterocycles. The van der Waals surface area contributed by atoms with Crippen molar-refractivity contribution in [3.63, 3.8) is 0 Å². The number of carbonyl (C=O) groups is 1. The van der Waals surface area contributed by atoms with Crippen molar-refractivity contribution in [2.45, 2.75) is 0 Å². The van der Waals surface area contributed by atoms with E-state index in [0.717, 1.165) is 16.7 Å². The minimum absolute atomic E-state index is 0.116. The monoisotopic (exact) mass is 313 g/mol. The normalized spacial score (nSPS) is 10.4. The molecule has 0 aliphatic heterocycles. The number of methoxy groups -OCH3 is 1. The summed E-state index contributed by atoms with van der Waals surface area (Å²) in [5, 5.41) is 4.04. The molecular weight excluding hydrogens is 298 g/mol. The third kappa shape index (κ3) is 4.13. The van der Waals surface area contributed by atoms with Gasteiger partial charge in [-0.25, -0.2) is 4.79 Å². The summed E-state index contributed by atoms with van der Waals surface area (Å²) in [6.45, 7) is 0. The predicted molar refractivity (Wildman–Crippen MR) is 90.7 cm³/mol. The summed E-state index contributed by atoms with van der Waals surface area (Å²) >= 11 is 4.67. The van der Waals surface area contributed by atoms with Gasteiger partial charge in [0.05, 0.1) is 18.9 Å². The minimum Gasteiger partial charge on any atom is -0.465 e. The second-order valence-electron chi connectivity index (χ2n) is 4.43. The van der Waals surface area contributed by atoms with Crippen molar-refractivity contribution in [2.24, 2.45) is 10.8 Å². The van der Waals surface area contributed by atoms with E-state index in [9.17, 15) is 4.79 Å². The van der Waals surface area contributed by atoms with Crippen LogP contribution in [0.15, 0.2) is 53.6 Å². The number of carbonyl (C=O) groups excluding carboxylic acids is 1. The van der Waals surface area contributed by atoms with Crippen LogP contribution in [0.25, 0.3) is 11.1 Å². The van der Waals surface area contributed by atoms with E-state index in [1.54, 1.807) is 18.3 Å². The van der Waals surface area contributed by atoms with E-state index in [4.69, 9.17) is 5.73 Å². The van der Waals surface area contributed by atoms with Gasteiger partial charge in [-0.15, -0.1) is 0 Å². The fraction of sp³-hybridized carbons (Fsp3) is 0.0625. The summed E-state index contributed by atoms with van der Waals surface area (Å²) in [6, 6.07) is 15.0. The van der Waals surface area contributed by atoms with Gasteiger partial charge in [0.25, 0.3) is 0 Å². The minimum atomic E-state index is -0.351. The number of hydrogen-bond acceptors (Lipinski definition) is 4. The van der Waals surface area contributed by atoms with Gasteiger partial charge in [0.15, 0.2) is 5.11 Å². The SMILES string of the molecule is COC(=O)c1ccc(-c2cccc(C=NNC(N)=S)c2)cc1. The Morgan fingerprint density at radius 1 is 1.23 bits per heavy atom. The Morgan fingerprint density at radius 2 is 1.95 bits per heavy atom. The molecule has 0 fully saturated rings. The third-order valence-electron chi connectivity index (χ3n) is 2.91. The van der Waals surface area contributed by atoms with Gasteiger partial charge >= 0.3 is 5.97 Å². The number of ether oxygens (including phenoxy) is 1. The maximum absolute atomic E-state index is 11.4. The molecule has 2 rings (SSSR count). The molecule has 6 heteroatoms. The largest absolute Gasteiger partial charge is 0.465 e. The first-order valence-corrected chi connectivity index (χ1v) is 6.88. The smallest absolute Gasteiger partial charge is 0.337 e. The lowest BCUT2D eigenvalue weighted by atomic mass is 10.0. The lowest BCUT2D eigenvalue weighted by Gasteiger charge is -2.04. The average molecular weight is 313 g/mol. The zero-order valence-electron chi connectivity index (χ0n) is 11.9. The number of nitrogens with one attached hydrogen (secondary N) is 1. The molecule has 0 bridgehead atoms. The lowest BCUT2D eigenvalue weighted by molar-refractivity contribution is 0.0601. The van der Waals surface area contributed by atoms with Crippen LogP contribution in [-0.2, 0) is 4.74 Å². The Labute approximate surface area is 133 Å². The molecule has 0 saturated heterocycles. The molecule has 0 aliphatic rings. The number of benzene rings is 2. The molecule has 0 amide bonds. The molecular formula is C16H15N3O2S. The maximum Gasteiger partial charge on any atom is 0.337 e. The van der Waals surface area contributed by atoms with Gasteiger partial charge in [0.1, 0.15) is 0 Å². The van der Waals surface area contributed by atoms with Gasteiger partial charge in [-0.05, 0) is 47.1 Å². The standard InChI is InChI=1S/C16H15N3O2S/c1-21-15(20)13-7-5-12(6-8-13)14-4-2-3-11(9-14)10-18-19-16(17)22/h2-10H,1H3,(H3,17,19,22). The second-order valence-corrected chi connectivity index (χ2v) is 4.87. The van der Waals surface area contributed by atoms with Crippen molar-refractivity contribution < 1.29 is 9.53 Å². The Morgan fingerprint density at radius 3 is 2.59 bits per heavy atom. The van der Waals surface area contributed by atoms with Crippen molar-refractivity contribution in [3.05, 3.63) is 59.7 Å². The predicted octanol–water partition coefficient (Wildman–Crippen LogP) is 2.31. The van der Waals surface area contributed by atoms with E-state index in [2.05, 4.69) is 27.5 Å². The summed E-state index contributed by atoms with van der Waals surface area (Å²) in [7, 11) is 1.36.